The minimum atomic E-state index is -0.411. The van der Waals surface area contributed by atoms with Crippen LogP contribution in [-0.4, -0.2) is 38.5 Å². The third kappa shape index (κ3) is 4.04. The van der Waals surface area contributed by atoms with Gasteiger partial charge in [-0.05, 0) is 40.5 Å². The largest absolute Gasteiger partial charge is 0.493 e. The summed E-state index contributed by atoms with van der Waals surface area (Å²) in [7, 11) is 4.47. The van der Waals surface area contributed by atoms with E-state index in [1.165, 1.54) is 18.4 Å². The number of thiazole rings is 1. The van der Waals surface area contributed by atoms with Crippen LogP contribution in [0.1, 0.15) is 20.9 Å². The molecule has 2 aromatic rings. The predicted octanol–water partition coefficient (Wildman–Crippen LogP) is 3.46. The van der Waals surface area contributed by atoms with Gasteiger partial charge in [-0.1, -0.05) is 11.3 Å². The highest BCUT2D eigenvalue weighted by Gasteiger charge is 2.15. The average Bonchev–Trinajstić information content (AvgIpc) is 2.94. The van der Waals surface area contributed by atoms with Gasteiger partial charge in [-0.3, -0.25) is 5.43 Å². The van der Waals surface area contributed by atoms with E-state index in [1.54, 1.807) is 33.4 Å². The molecule has 0 bridgehead atoms. The van der Waals surface area contributed by atoms with Gasteiger partial charge in [0.05, 0.1) is 37.7 Å². The zero-order valence-corrected chi connectivity index (χ0v) is 15.9. The van der Waals surface area contributed by atoms with E-state index in [0.29, 0.717) is 27.2 Å². The van der Waals surface area contributed by atoms with Crippen LogP contribution in [0.2, 0.25) is 0 Å². The number of hydrazone groups is 1. The van der Waals surface area contributed by atoms with E-state index < -0.39 is 5.97 Å². The van der Waals surface area contributed by atoms with E-state index in [9.17, 15) is 4.79 Å². The number of hydrogen-bond acceptors (Lipinski definition) is 8. The normalized spacial score (nSPS) is 10.7. The third-order valence-electron chi connectivity index (χ3n) is 3.00. The standard InChI is InChI=1S/C15H16BrN3O4S/c1-8-13(14(20)23-4)24-15(18-8)19-17-7-9-5-10(16)12(22-3)11(6-9)21-2/h5-7H,1-4H3,(H,18,19)/b17-7-. The molecule has 0 amide bonds. The van der Waals surface area contributed by atoms with Crippen molar-refractivity contribution in [2.75, 3.05) is 26.8 Å². The number of anilines is 1. The first kappa shape index (κ1) is 18.2. The van der Waals surface area contributed by atoms with Crippen LogP contribution in [0.3, 0.4) is 0 Å². The van der Waals surface area contributed by atoms with Crippen LogP contribution < -0.4 is 14.9 Å². The number of benzene rings is 1. The number of esters is 1. The zero-order chi connectivity index (χ0) is 17.7. The van der Waals surface area contributed by atoms with E-state index in [2.05, 4.69) is 31.4 Å². The molecule has 128 valence electrons. The van der Waals surface area contributed by atoms with Gasteiger partial charge in [0, 0.05) is 0 Å². The molecule has 1 heterocycles. The lowest BCUT2D eigenvalue weighted by Crippen LogP contribution is -1.99. The molecule has 0 aliphatic rings. The van der Waals surface area contributed by atoms with E-state index in [4.69, 9.17) is 14.2 Å². The van der Waals surface area contributed by atoms with Crippen LogP contribution in [-0.2, 0) is 4.74 Å². The monoisotopic (exact) mass is 413 g/mol. The van der Waals surface area contributed by atoms with Crippen LogP contribution in [0.15, 0.2) is 21.7 Å². The number of rotatable bonds is 6. The van der Waals surface area contributed by atoms with Crippen molar-refractivity contribution in [2.45, 2.75) is 6.92 Å². The Labute approximate surface area is 151 Å². The van der Waals surface area contributed by atoms with Crippen LogP contribution in [0, 0.1) is 6.92 Å². The summed E-state index contributed by atoms with van der Waals surface area (Å²) in [6, 6.07) is 3.64. The Kier molecular flexibility index (Phi) is 6.16. The molecule has 2 rings (SSSR count). The number of hydrogen-bond donors (Lipinski definition) is 1. The SMILES string of the molecule is COC(=O)c1sc(N/N=C\c2cc(Br)c(OC)c(OC)c2)nc1C. The van der Waals surface area contributed by atoms with Crippen LogP contribution in [0.25, 0.3) is 0 Å². The van der Waals surface area contributed by atoms with Crippen molar-refractivity contribution in [1.29, 1.82) is 0 Å². The number of nitrogens with zero attached hydrogens (tertiary/aromatic N) is 2. The molecular weight excluding hydrogens is 398 g/mol. The fraction of sp³-hybridized carbons (Fsp3) is 0.267. The van der Waals surface area contributed by atoms with Gasteiger partial charge in [-0.2, -0.15) is 5.10 Å². The lowest BCUT2D eigenvalue weighted by atomic mass is 10.2. The quantitative estimate of drug-likeness (QED) is 0.443. The van der Waals surface area contributed by atoms with E-state index in [0.717, 1.165) is 10.0 Å². The second kappa shape index (κ2) is 8.11. The molecule has 0 radical (unpaired) electrons. The fourth-order valence-corrected chi connectivity index (χ4v) is 3.36. The Balaban J connectivity index is 2.15. The van der Waals surface area contributed by atoms with Crippen molar-refractivity contribution in [3.05, 3.63) is 32.7 Å². The number of nitrogens with one attached hydrogen (secondary N) is 1. The maximum absolute atomic E-state index is 11.6. The Morgan fingerprint density at radius 1 is 1.33 bits per heavy atom. The van der Waals surface area contributed by atoms with Crippen LogP contribution in [0.4, 0.5) is 5.13 Å². The first-order chi connectivity index (χ1) is 11.5. The highest BCUT2D eigenvalue weighted by atomic mass is 79.9. The summed E-state index contributed by atoms with van der Waals surface area (Å²) in [5, 5.41) is 4.63. The smallest absolute Gasteiger partial charge is 0.350 e. The van der Waals surface area contributed by atoms with Crippen molar-refractivity contribution in [3.8, 4) is 11.5 Å². The summed E-state index contributed by atoms with van der Waals surface area (Å²) in [6.07, 6.45) is 1.61. The number of halogens is 1. The van der Waals surface area contributed by atoms with Gasteiger partial charge in [0.15, 0.2) is 11.5 Å². The molecule has 0 spiro atoms. The Morgan fingerprint density at radius 3 is 2.71 bits per heavy atom. The van der Waals surface area contributed by atoms with Crippen molar-refractivity contribution >= 4 is 44.6 Å². The van der Waals surface area contributed by atoms with Gasteiger partial charge < -0.3 is 14.2 Å². The molecule has 0 aliphatic carbocycles. The minimum absolute atomic E-state index is 0.411. The van der Waals surface area contributed by atoms with Crippen molar-refractivity contribution in [3.63, 3.8) is 0 Å². The average molecular weight is 414 g/mol. The number of aryl methyl sites for hydroxylation is 1. The number of aromatic nitrogens is 1. The van der Waals surface area contributed by atoms with E-state index >= 15 is 0 Å². The fourth-order valence-electron chi connectivity index (χ4n) is 1.90. The lowest BCUT2D eigenvalue weighted by Gasteiger charge is -2.10. The maximum atomic E-state index is 11.6. The first-order valence-electron chi connectivity index (χ1n) is 6.76. The molecule has 0 fully saturated rings. The van der Waals surface area contributed by atoms with Gasteiger partial charge >= 0.3 is 5.97 Å². The molecule has 0 unspecified atom stereocenters. The summed E-state index contributed by atoms with van der Waals surface area (Å²) in [5.41, 5.74) is 4.20. The molecule has 24 heavy (non-hydrogen) atoms. The highest BCUT2D eigenvalue weighted by molar-refractivity contribution is 9.10. The third-order valence-corrected chi connectivity index (χ3v) is 4.63. The summed E-state index contributed by atoms with van der Waals surface area (Å²) in [4.78, 5) is 16.2. The number of carbonyl (C=O) groups is 1. The molecule has 0 aliphatic heterocycles. The second-order valence-corrected chi connectivity index (χ2v) is 6.39. The van der Waals surface area contributed by atoms with Crippen LogP contribution >= 0.6 is 27.3 Å². The molecular formula is C15H16BrN3O4S. The van der Waals surface area contributed by atoms with E-state index in [-0.39, 0.29) is 0 Å². The summed E-state index contributed by atoms with van der Waals surface area (Å²) >= 11 is 4.60. The van der Waals surface area contributed by atoms with Gasteiger partial charge in [-0.25, -0.2) is 9.78 Å². The van der Waals surface area contributed by atoms with Gasteiger partial charge in [0.1, 0.15) is 4.88 Å². The molecule has 0 saturated carbocycles. The number of methoxy groups -OCH3 is 3. The molecule has 7 nitrogen and oxygen atoms in total. The predicted molar refractivity (Wildman–Crippen MR) is 96.7 cm³/mol. The van der Waals surface area contributed by atoms with Gasteiger partial charge in [0.2, 0.25) is 5.13 Å². The van der Waals surface area contributed by atoms with Crippen molar-refractivity contribution in [1.82, 2.24) is 4.98 Å². The summed E-state index contributed by atoms with van der Waals surface area (Å²) in [6.45, 7) is 1.74. The summed E-state index contributed by atoms with van der Waals surface area (Å²) in [5.74, 6) is 0.790. The maximum Gasteiger partial charge on any atom is 0.350 e. The zero-order valence-electron chi connectivity index (χ0n) is 13.5. The lowest BCUT2D eigenvalue weighted by molar-refractivity contribution is 0.0605. The summed E-state index contributed by atoms with van der Waals surface area (Å²) < 4.78 is 16.0. The minimum Gasteiger partial charge on any atom is -0.493 e. The van der Waals surface area contributed by atoms with Crippen molar-refractivity contribution < 1.29 is 19.0 Å². The number of carbonyl (C=O) groups excluding carboxylic acids is 1. The van der Waals surface area contributed by atoms with E-state index in [1.807, 2.05) is 6.07 Å². The Hall–Kier alpha value is -2.13. The first-order valence-corrected chi connectivity index (χ1v) is 8.37. The van der Waals surface area contributed by atoms with Gasteiger partial charge in [-0.15, -0.1) is 0 Å². The number of ether oxygens (including phenoxy) is 3. The van der Waals surface area contributed by atoms with Crippen molar-refractivity contribution in [2.24, 2.45) is 5.10 Å². The Bertz CT molecular complexity index is 776. The topological polar surface area (TPSA) is 82.0 Å². The highest BCUT2D eigenvalue weighted by Crippen LogP contribution is 2.35. The Morgan fingerprint density at radius 2 is 2.08 bits per heavy atom. The molecule has 1 aromatic carbocycles. The molecule has 1 N–H and O–H groups in total. The second-order valence-electron chi connectivity index (χ2n) is 4.53. The molecule has 9 heteroatoms. The van der Waals surface area contributed by atoms with Crippen LogP contribution in [0.5, 0.6) is 11.5 Å². The molecule has 0 atom stereocenters. The molecule has 1 aromatic heterocycles. The molecule has 0 saturated heterocycles. The van der Waals surface area contributed by atoms with Gasteiger partial charge in [0.25, 0.3) is 0 Å².